The molecule has 3 rings (SSSR count). The number of anilines is 1. The van der Waals surface area contributed by atoms with E-state index in [1.807, 2.05) is 31.2 Å². The van der Waals surface area contributed by atoms with Crippen LogP contribution in [0.3, 0.4) is 0 Å². The van der Waals surface area contributed by atoms with E-state index in [0.29, 0.717) is 6.42 Å². The van der Waals surface area contributed by atoms with Crippen LogP contribution in [-0.4, -0.2) is 17.4 Å². The van der Waals surface area contributed by atoms with Crippen molar-refractivity contribution in [3.8, 4) is 0 Å². The van der Waals surface area contributed by atoms with Gasteiger partial charge in [0.15, 0.2) is 0 Å². The Morgan fingerprint density at radius 1 is 1.38 bits per heavy atom. The van der Waals surface area contributed by atoms with Crippen molar-refractivity contribution in [1.82, 2.24) is 10.3 Å². The van der Waals surface area contributed by atoms with Crippen LogP contribution < -0.4 is 10.6 Å². The molecule has 1 amide bonds. The van der Waals surface area contributed by atoms with Gasteiger partial charge in [-0.05, 0) is 30.2 Å². The molecule has 0 saturated heterocycles. The fourth-order valence-electron chi connectivity index (χ4n) is 2.78. The van der Waals surface area contributed by atoms with Crippen molar-refractivity contribution in [1.29, 1.82) is 0 Å². The van der Waals surface area contributed by atoms with E-state index in [9.17, 15) is 4.79 Å². The van der Waals surface area contributed by atoms with E-state index >= 15 is 0 Å². The minimum Gasteiger partial charge on any atom is -0.384 e. The molecule has 108 valence electrons. The number of rotatable bonds is 4. The molecule has 1 unspecified atom stereocenters. The summed E-state index contributed by atoms with van der Waals surface area (Å²) in [5, 5.41) is 6.40. The molecule has 2 heterocycles. The van der Waals surface area contributed by atoms with Gasteiger partial charge in [-0.3, -0.25) is 9.78 Å². The summed E-state index contributed by atoms with van der Waals surface area (Å²) >= 11 is 0. The summed E-state index contributed by atoms with van der Waals surface area (Å²) in [5.74, 6) is 0.331. The van der Waals surface area contributed by atoms with Crippen molar-refractivity contribution in [2.24, 2.45) is 0 Å². The summed E-state index contributed by atoms with van der Waals surface area (Å²) in [5.41, 5.74) is 3.41. The molecule has 0 bridgehead atoms. The molecule has 0 fully saturated rings. The molecule has 4 heteroatoms. The highest BCUT2D eigenvalue weighted by Crippen LogP contribution is 2.33. The molecule has 0 aliphatic carbocycles. The van der Waals surface area contributed by atoms with Gasteiger partial charge in [0.2, 0.25) is 5.91 Å². The normalized spacial score (nSPS) is 17.7. The van der Waals surface area contributed by atoms with Crippen LogP contribution in [-0.2, 0) is 4.79 Å². The number of aromatic nitrogens is 1. The van der Waals surface area contributed by atoms with Crippen molar-refractivity contribution in [2.75, 3.05) is 11.9 Å². The number of hydrogen-bond acceptors (Lipinski definition) is 3. The summed E-state index contributed by atoms with van der Waals surface area (Å²) in [6.07, 6.45) is 4.03. The SMILES string of the molecule is C[C@@H](NC(=O)CC1CNc2ccccc21)c1cccnc1. The van der Waals surface area contributed by atoms with Crippen molar-refractivity contribution in [3.63, 3.8) is 0 Å². The Morgan fingerprint density at radius 2 is 2.24 bits per heavy atom. The number of nitrogens with one attached hydrogen (secondary N) is 2. The summed E-state index contributed by atoms with van der Waals surface area (Å²) < 4.78 is 0. The number of fused-ring (bicyclic) bond motifs is 1. The first-order valence-electron chi connectivity index (χ1n) is 7.26. The second kappa shape index (κ2) is 5.95. The van der Waals surface area contributed by atoms with Crippen molar-refractivity contribution in [2.45, 2.75) is 25.3 Å². The molecule has 0 spiro atoms. The first-order chi connectivity index (χ1) is 10.2. The number of para-hydroxylation sites is 1. The van der Waals surface area contributed by atoms with Crippen LogP contribution in [0.5, 0.6) is 0 Å². The highest BCUT2D eigenvalue weighted by molar-refractivity contribution is 5.78. The molecule has 0 radical (unpaired) electrons. The molecule has 1 aliphatic heterocycles. The molecule has 0 saturated carbocycles. The quantitative estimate of drug-likeness (QED) is 0.906. The number of hydrogen-bond donors (Lipinski definition) is 2. The van der Waals surface area contributed by atoms with Crippen LogP contribution >= 0.6 is 0 Å². The van der Waals surface area contributed by atoms with Gasteiger partial charge in [0.05, 0.1) is 6.04 Å². The molecular formula is C17H19N3O. The standard InChI is InChI=1S/C17H19N3O/c1-12(13-5-4-8-18-10-13)20-17(21)9-14-11-19-16-7-3-2-6-15(14)16/h2-8,10,12,14,19H,9,11H2,1H3,(H,20,21)/t12-,14?/m1/s1. The Kier molecular flexibility index (Phi) is 3.86. The Balaban J connectivity index is 1.61. The Hall–Kier alpha value is -2.36. The van der Waals surface area contributed by atoms with Crippen LogP contribution in [0.25, 0.3) is 0 Å². The largest absolute Gasteiger partial charge is 0.384 e. The Labute approximate surface area is 124 Å². The molecule has 2 N–H and O–H groups in total. The van der Waals surface area contributed by atoms with Crippen LogP contribution in [0, 0.1) is 0 Å². The van der Waals surface area contributed by atoms with Crippen LogP contribution in [0.15, 0.2) is 48.8 Å². The molecule has 2 aromatic rings. The molecule has 1 aromatic heterocycles. The van der Waals surface area contributed by atoms with Crippen molar-refractivity contribution >= 4 is 11.6 Å². The lowest BCUT2D eigenvalue weighted by molar-refractivity contribution is -0.122. The smallest absolute Gasteiger partial charge is 0.221 e. The highest BCUT2D eigenvalue weighted by Gasteiger charge is 2.24. The summed E-state index contributed by atoms with van der Waals surface area (Å²) in [7, 11) is 0. The molecular weight excluding hydrogens is 262 g/mol. The maximum absolute atomic E-state index is 12.2. The monoisotopic (exact) mass is 281 g/mol. The zero-order valence-electron chi connectivity index (χ0n) is 12.0. The first-order valence-corrected chi connectivity index (χ1v) is 7.26. The lowest BCUT2D eigenvalue weighted by Crippen LogP contribution is -2.28. The maximum atomic E-state index is 12.2. The van der Waals surface area contributed by atoms with Gasteiger partial charge in [0, 0.05) is 37.0 Å². The molecule has 1 aliphatic rings. The second-order valence-corrected chi connectivity index (χ2v) is 5.44. The van der Waals surface area contributed by atoms with Gasteiger partial charge in [0.25, 0.3) is 0 Å². The Bertz CT molecular complexity index is 627. The first kappa shape index (κ1) is 13.6. The number of carbonyl (C=O) groups is 1. The van der Waals surface area contributed by atoms with Gasteiger partial charge in [-0.1, -0.05) is 24.3 Å². The minimum atomic E-state index is -0.0178. The molecule has 21 heavy (non-hydrogen) atoms. The fraction of sp³-hybridized carbons (Fsp3) is 0.294. The lowest BCUT2D eigenvalue weighted by atomic mass is 9.97. The topological polar surface area (TPSA) is 54.0 Å². The third-order valence-corrected chi connectivity index (χ3v) is 3.93. The third kappa shape index (κ3) is 3.05. The van der Waals surface area contributed by atoms with Gasteiger partial charge >= 0.3 is 0 Å². The van der Waals surface area contributed by atoms with Gasteiger partial charge in [-0.15, -0.1) is 0 Å². The van der Waals surface area contributed by atoms with E-state index in [1.165, 1.54) is 5.56 Å². The van der Waals surface area contributed by atoms with Gasteiger partial charge in [-0.25, -0.2) is 0 Å². The van der Waals surface area contributed by atoms with Gasteiger partial charge < -0.3 is 10.6 Å². The number of benzene rings is 1. The van der Waals surface area contributed by atoms with Gasteiger partial charge in [0.1, 0.15) is 0 Å². The van der Waals surface area contributed by atoms with E-state index in [1.54, 1.807) is 12.4 Å². The minimum absolute atomic E-state index is 0.0178. The number of amides is 1. The predicted octanol–water partition coefficient (Wildman–Crippen LogP) is 2.86. The molecule has 2 atom stereocenters. The average molecular weight is 281 g/mol. The summed E-state index contributed by atoms with van der Waals surface area (Å²) in [4.78, 5) is 16.3. The van der Waals surface area contributed by atoms with E-state index < -0.39 is 0 Å². The predicted molar refractivity (Wildman–Crippen MR) is 83.1 cm³/mol. The van der Waals surface area contributed by atoms with Crippen molar-refractivity contribution < 1.29 is 4.79 Å². The van der Waals surface area contributed by atoms with Gasteiger partial charge in [-0.2, -0.15) is 0 Å². The zero-order chi connectivity index (χ0) is 14.7. The van der Waals surface area contributed by atoms with E-state index in [2.05, 4.69) is 27.8 Å². The number of nitrogens with zero attached hydrogens (tertiary/aromatic N) is 1. The summed E-state index contributed by atoms with van der Waals surface area (Å²) in [6, 6.07) is 12.0. The van der Waals surface area contributed by atoms with Crippen LogP contribution in [0.1, 0.15) is 36.4 Å². The zero-order valence-corrected chi connectivity index (χ0v) is 12.0. The maximum Gasteiger partial charge on any atom is 0.221 e. The van der Waals surface area contributed by atoms with E-state index in [4.69, 9.17) is 0 Å². The summed E-state index contributed by atoms with van der Waals surface area (Å²) in [6.45, 7) is 2.81. The fourth-order valence-corrected chi connectivity index (χ4v) is 2.78. The van der Waals surface area contributed by atoms with Crippen LogP contribution in [0.2, 0.25) is 0 Å². The highest BCUT2D eigenvalue weighted by atomic mass is 16.1. The Morgan fingerprint density at radius 3 is 3.05 bits per heavy atom. The molecule has 4 nitrogen and oxygen atoms in total. The number of pyridine rings is 1. The lowest BCUT2D eigenvalue weighted by Gasteiger charge is -2.16. The number of carbonyl (C=O) groups excluding carboxylic acids is 1. The van der Waals surface area contributed by atoms with Crippen molar-refractivity contribution in [3.05, 3.63) is 59.9 Å². The molecule has 1 aromatic carbocycles. The van der Waals surface area contributed by atoms with Crippen LogP contribution in [0.4, 0.5) is 5.69 Å². The van der Waals surface area contributed by atoms with E-state index in [0.717, 1.165) is 17.8 Å². The third-order valence-electron chi connectivity index (χ3n) is 3.93. The second-order valence-electron chi connectivity index (χ2n) is 5.44. The van der Waals surface area contributed by atoms with E-state index in [-0.39, 0.29) is 17.9 Å². The average Bonchev–Trinajstić information content (AvgIpc) is 2.91.